The lowest BCUT2D eigenvalue weighted by Crippen LogP contribution is -2.47. The van der Waals surface area contributed by atoms with Crippen molar-refractivity contribution in [3.8, 4) is 0 Å². The van der Waals surface area contributed by atoms with Gasteiger partial charge in [-0.05, 0) is 24.7 Å². The fourth-order valence-electron chi connectivity index (χ4n) is 5.52. The molecule has 2 amide bonds. The van der Waals surface area contributed by atoms with E-state index in [4.69, 9.17) is 9.15 Å². The summed E-state index contributed by atoms with van der Waals surface area (Å²) in [6.45, 7) is 8.97. The Morgan fingerprint density at radius 2 is 1.86 bits per heavy atom. The van der Waals surface area contributed by atoms with Gasteiger partial charge in [0.2, 0.25) is 17.7 Å². The molecule has 0 radical (unpaired) electrons. The largest absolute Gasteiger partial charge is 0.423 e. The predicted octanol–water partition coefficient (Wildman–Crippen LogP) is 1.45. The molecule has 3 aliphatic rings. The lowest BCUT2D eigenvalue weighted by atomic mass is 9.76. The van der Waals surface area contributed by atoms with Crippen LogP contribution < -0.4 is 0 Å². The Kier molecular flexibility index (Phi) is 6.63. The second-order valence-electron chi connectivity index (χ2n) is 10.4. The van der Waals surface area contributed by atoms with Gasteiger partial charge in [0, 0.05) is 51.9 Å². The summed E-state index contributed by atoms with van der Waals surface area (Å²) in [5.41, 5.74) is 0.631. The number of amides is 2. The van der Waals surface area contributed by atoms with Gasteiger partial charge in [-0.1, -0.05) is 13.8 Å². The average molecular weight is 486 g/mol. The van der Waals surface area contributed by atoms with Crippen molar-refractivity contribution in [2.75, 3.05) is 52.5 Å². The average Bonchev–Trinajstić information content (AvgIpc) is 3.59. The van der Waals surface area contributed by atoms with E-state index in [0.29, 0.717) is 63.3 Å². The standard InChI is InChI=1S/C24H35N7O4/c1-17(2)21-26-27-22(35-21)19-12-24(16-31(19)15-20(32)29-8-10-34-11-9-29)4-6-30(7-5-24)23(33)18-13-25-28(3)14-18/h13-14,17,19H,4-12,15-16H2,1-3H3. The second kappa shape index (κ2) is 9.69. The van der Waals surface area contributed by atoms with E-state index in [9.17, 15) is 9.59 Å². The topological polar surface area (TPSA) is 110 Å². The van der Waals surface area contributed by atoms with Crippen LogP contribution in [0.4, 0.5) is 0 Å². The Morgan fingerprint density at radius 3 is 2.49 bits per heavy atom. The molecule has 5 heterocycles. The summed E-state index contributed by atoms with van der Waals surface area (Å²) < 4.78 is 13.1. The van der Waals surface area contributed by atoms with Crippen molar-refractivity contribution in [2.24, 2.45) is 12.5 Å². The first-order valence-electron chi connectivity index (χ1n) is 12.5. The summed E-state index contributed by atoms with van der Waals surface area (Å²) in [6, 6.07) is -0.0967. The van der Waals surface area contributed by atoms with Crippen LogP contribution in [0.2, 0.25) is 0 Å². The van der Waals surface area contributed by atoms with E-state index in [1.54, 1.807) is 17.1 Å². The first-order valence-corrected chi connectivity index (χ1v) is 12.5. The van der Waals surface area contributed by atoms with Crippen molar-refractivity contribution in [1.29, 1.82) is 0 Å². The van der Waals surface area contributed by atoms with Crippen molar-refractivity contribution in [2.45, 2.75) is 45.1 Å². The van der Waals surface area contributed by atoms with Crippen LogP contribution in [0.3, 0.4) is 0 Å². The number of likely N-dealkylation sites (tertiary alicyclic amines) is 2. The van der Waals surface area contributed by atoms with Crippen LogP contribution in [-0.2, 0) is 16.6 Å². The molecule has 0 aliphatic carbocycles. The smallest absolute Gasteiger partial charge is 0.257 e. The van der Waals surface area contributed by atoms with Crippen molar-refractivity contribution >= 4 is 11.8 Å². The number of carbonyl (C=O) groups excluding carboxylic acids is 2. The van der Waals surface area contributed by atoms with Gasteiger partial charge in [0.1, 0.15) is 0 Å². The summed E-state index contributed by atoms with van der Waals surface area (Å²) in [7, 11) is 1.82. The normalized spacial score (nSPS) is 22.9. The fourth-order valence-corrected chi connectivity index (χ4v) is 5.52. The van der Waals surface area contributed by atoms with Gasteiger partial charge < -0.3 is 19.0 Å². The third kappa shape index (κ3) is 4.97. The quantitative estimate of drug-likeness (QED) is 0.626. The van der Waals surface area contributed by atoms with Gasteiger partial charge >= 0.3 is 0 Å². The number of aryl methyl sites for hydroxylation is 1. The van der Waals surface area contributed by atoms with E-state index in [0.717, 1.165) is 25.8 Å². The maximum absolute atomic E-state index is 13.1. The molecular formula is C24H35N7O4. The SMILES string of the molecule is CC(C)c1nnc(C2CC3(CCN(C(=O)c4cnn(C)c4)CC3)CN2CC(=O)N2CCOCC2)o1. The molecule has 1 unspecified atom stereocenters. The van der Waals surface area contributed by atoms with Gasteiger partial charge in [0.25, 0.3) is 5.91 Å². The second-order valence-corrected chi connectivity index (χ2v) is 10.4. The molecule has 1 atom stereocenters. The number of rotatable bonds is 5. The first kappa shape index (κ1) is 23.9. The molecule has 3 aliphatic heterocycles. The summed E-state index contributed by atoms with van der Waals surface area (Å²) in [6.07, 6.45) is 5.99. The molecule has 11 heteroatoms. The van der Waals surface area contributed by atoms with Gasteiger partial charge in [-0.15, -0.1) is 10.2 Å². The summed E-state index contributed by atoms with van der Waals surface area (Å²) in [5, 5.41) is 12.8. The zero-order valence-electron chi connectivity index (χ0n) is 20.9. The number of nitrogens with zero attached hydrogens (tertiary/aromatic N) is 7. The Hall–Kier alpha value is -2.79. The highest BCUT2D eigenvalue weighted by molar-refractivity contribution is 5.93. The van der Waals surface area contributed by atoms with Crippen LogP contribution in [0.15, 0.2) is 16.8 Å². The number of morpholine rings is 1. The predicted molar refractivity (Wildman–Crippen MR) is 125 cm³/mol. The molecule has 2 aromatic heterocycles. The number of hydrogen-bond acceptors (Lipinski definition) is 8. The molecular weight excluding hydrogens is 450 g/mol. The van der Waals surface area contributed by atoms with E-state index < -0.39 is 0 Å². The highest BCUT2D eigenvalue weighted by Crippen LogP contribution is 2.49. The summed E-state index contributed by atoms with van der Waals surface area (Å²) >= 11 is 0. The maximum atomic E-state index is 13.1. The summed E-state index contributed by atoms with van der Waals surface area (Å²) in [4.78, 5) is 32.1. The molecule has 11 nitrogen and oxygen atoms in total. The van der Waals surface area contributed by atoms with Crippen molar-refractivity contribution in [1.82, 2.24) is 34.7 Å². The van der Waals surface area contributed by atoms with E-state index in [1.165, 1.54) is 0 Å². The van der Waals surface area contributed by atoms with Gasteiger partial charge in [-0.3, -0.25) is 19.2 Å². The van der Waals surface area contributed by atoms with Crippen LogP contribution in [0.25, 0.3) is 0 Å². The number of aromatic nitrogens is 4. The highest BCUT2D eigenvalue weighted by atomic mass is 16.5. The lowest BCUT2D eigenvalue weighted by molar-refractivity contribution is -0.136. The Morgan fingerprint density at radius 1 is 1.11 bits per heavy atom. The van der Waals surface area contributed by atoms with E-state index >= 15 is 0 Å². The minimum atomic E-state index is -0.0967. The molecule has 190 valence electrons. The molecule has 1 spiro atoms. The molecule has 0 saturated carbocycles. The Bertz CT molecular complexity index is 1050. The molecule has 3 fully saturated rings. The Labute approximate surface area is 205 Å². The lowest BCUT2D eigenvalue weighted by Gasteiger charge is -2.39. The van der Waals surface area contributed by atoms with Crippen molar-refractivity contribution < 1.29 is 18.7 Å². The number of piperidine rings is 1. The van der Waals surface area contributed by atoms with Crippen molar-refractivity contribution in [3.63, 3.8) is 0 Å². The minimum absolute atomic E-state index is 0.00807. The van der Waals surface area contributed by atoms with Gasteiger partial charge in [0.05, 0.1) is 37.6 Å². The number of ether oxygens (including phenoxy) is 1. The van der Waals surface area contributed by atoms with E-state index in [2.05, 4.69) is 20.2 Å². The summed E-state index contributed by atoms with van der Waals surface area (Å²) in [5.74, 6) is 1.51. The van der Waals surface area contributed by atoms with E-state index in [1.807, 2.05) is 30.7 Å². The highest BCUT2D eigenvalue weighted by Gasteiger charge is 2.49. The van der Waals surface area contributed by atoms with Crippen molar-refractivity contribution in [3.05, 3.63) is 29.7 Å². The first-order chi connectivity index (χ1) is 16.8. The minimum Gasteiger partial charge on any atom is -0.423 e. The van der Waals surface area contributed by atoms with E-state index in [-0.39, 0.29) is 29.2 Å². The van der Waals surface area contributed by atoms with Gasteiger partial charge in [-0.25, -0.2) is 0 Å². The molecule has 3 saturated heterocycles. The molecule has 35 heavy (non-hydrogen) atoms. The third-order valence-electron chi connectivity index (χ3n) is 7.61. The van der Waals surface area contributed by atoms with Gasteiger partial charge in [0.15, 0.2) is 0 Å². The monoisotopic (exact) mass is 485 g/mol. The van der Waals surface area contributed by atoms with Crippen LogP contribution in [0.1, 0.15) is 67.2 Å². The third-order valence-corrected chi connectivity index (χ3v) is 7.61. The zero-order chi connectivity index (χ0) is 24.6. The van der Waals surface area contributed by atoms with Crippen LogP contribution in [-0.4, -0.2) is 99.0 Å². The fraction of sp³-hybridized carbons (Fsp3) is 0.708. The Balaban J connectivity index is 1.30. The van der Waals surface area contributed by atoms with Crippen LogP contribution in [0.5, 0.6) is 0 Å². The molecule has 2 aromatic rings. The number of carbonyl (C=O) groups is 2. The van der Waals surface area contributed by atoms with Gasteiger partial charge in [-0.2, -0.15) is 5.10 Å². The van der Waals surface area contributed by atoms with Crippen LogP contribution >= 0.6 is 0 Å². The molecule has 0 aromatic carbocycles. The molecule has 0 bridgehead atoms. The number of hydrogen-bond donors (Lipinski definition) is 0. The molecule has 0 N–H and O–H groups in total. The maximum Gasteiger partial charge on any atom is 0.257 e. The van der Waals surface area contributed by atoms with Crippen LogP contribution in [0, 0.1) is 5.41 Å². The molecule has 5 rings (SSSR count). The zero-order valence-corrected chi connectivity index (χ0v) is 20.9.